The average molecular weight is 478 g/mol. The Hall–Kier alpha value is -5.03. The van der Waals surface area contributed by atoms with Crippen LogP contribution in [-0.4, -0.2) is 22.3 Å². The average Bonchev–Trinajstić information content (AvgIpc) is 3.23. The van der Waals surface area contributed by atoms with Crippen molar-refractivity contribution in [2.45, 2.75) is 12.8 Å². The number of ether oxygens (including phenoxy) is 2. The SMILES string of the molecule is Cc1nn(-c2ccccc2)c2c1[C@H](c1ccc(OCC(=O)Nc3ccccc3)cc1)C(C#N)=C(N)O2. The third-order valence-electron chi connectivity index (χ3n) is 5.87. The zero-order valence-corrected chi connectivity index (χ0v) is 19.5. The molecule has 0 aliphatic carbocycles. The molecule has 0 spiro atoms. The summed E-state index contributed by atoms with van der Waals surface area (Å²) < 4.78 is 13.2. The molecule has 0 saturated heterocycles. The van der Waals surface area contributed by atoms with E-state index in [-0.39, 0.29) is 18.4 Å². The summed E-state index contributed by atoms with van der Waals surface area (Å²) in [5.41, 5.74) is 10.4. The third kappa shape index (κ3) is 4.38. The highest BCUT2D eigenvalue weighted by Gasteiger charge is 2.36. The maximum absolute atomic E-state index is 12.2. The molecule has 0 unspecified atom stereocenters. The standard InChI is InChI=1S/C28H23N5O3/c1-18-25-26(23(16-29)27(30)36-28(25)33(32-18)21-10-6-3-7-11-21)19-12-14-22(15-13-19)35-17-24(34)31-20-8-4-2-5-9-20/h2-15,26H,17,30H2,1H3,(H,31,34)/t26-/m1/s1. The Labute approximate surface area is 208 Å². The Morgan fingerprint density at radius 2 is 1.75 bits per heavy atom. The van der Waals surface area contributed by atoms with E-state index in [0.717, 1.165) is 22.5 Å². The minimum absolute atomic E-state index is 0.0463. The normalized spacial score (nSPS) is 14.4. The number of rotatable bonds is 6. The number of carbonyl (C=O) groups is 1. The monoisotopic (exact) mass is 477 g/mol. The van der Waals surface area contributed by atoms with Crippen LogP contribution in [-0.2, 0) is 4.79 Å². The van der Waals surface area contributed by atoms with Crippen LogP contribution in [0, 0.1) is 18.3 Å². The van der Waals surface area contributed by atoms with Crippen LogP contribution in [0.2, 0.25) is 0 Å². The molecule has 2 heterocycles. The molecule has 1 atom stereocenters. The van der Waals surface area contributed by atoms with Gasteiger partial charge in [-0.2, -0.15) is 10.4 Å². The van der Waals surface area contributed by atoms with Crippen molar-refractivity contribution in [3.8, 4) is 23.4 Å². The number of aryl methyl sites for hydroxylation is 1. The largest absolute Gasteiger partial charge is 0.484 e. The topological polar surface area (TPSA) is 115 Å². The Morgan fingerprint density at radius 1 is 1.08 bits per heavy atom. The molecule has 3 N–H and O–H groups in total. The number of aromatic nitrogens is 2. The van der Waals surface area contributed by atoms with Gasteiger partial charge in [0.25, 0.3) is 5.91 Å². The fourth-order valence-electron chi connectivity index (χ4n) is 4.22. The Morgan fingerprint density at radius 3 is 2.42 bits per heavy atom. The van der Waals surface area contributed by atoms with Crippen LogP contribution in [0.15, 0.2) is 96.4 Å². The molecular weight excluding hydrogens is 454 g/mol. The number of carbonyl (C=O) groups excluding carboxylic acids is 1. The van der Waals surface area contributed by atoms with Gasteiger partial charge in [-0.1, -0.05) is 48.5 Å². The van der Waals surface area contributed by atoms with E-state index in [1.54, 1.807) is 16.8 Å². The number of fused-ring (bicyclic) bond motifs is 1. The molecule has 8 nitrogen and oxygen atoms in total. The summed E-state index contributed by atoms with van der Waals surface area (Å²) in [5.74, 6) is 0.349. The molecule has 178 valence electrons. The fourth-order valence-corrected chi connectivity index (χ4v) is 4.22. The molecule has 1 amide bonds. The summed E-state index contributed by atoms with van der Waals surface area (Å²) in [6.45, 7) is 1.75. The van der Waals surface area contributed by atoms with Crippen molar-refractivity contribution in [1.29, 1.82) is 5.26 Å². The minimum Gasteiger partial charge on any atom is -0.484 e. The van der Waals surface area contributed by atoms with Crippen molar-refractivity contribution in [1.82, 2.24) is 9.78 Å². The highest BCUT2D eigenvalue weighted by Crippen LogP contribution is 2.44. The minimum atomic E-state index is -0.452. The van der Waals surface area contributed by atoms with E-state index in [1.807, 2.05) is 79.7 Å². The number of hydrogen-bond donors (Lipinski definition) is 2. The van der Waals surface area contributed by atoms with E-state index in [1.165, 1.54) is 0 Å². The molecule has 1 aliphatic heterocycles. The Bertz CT molecular complexity index is 1470. The van der Waals surface area contributed by atoms with E-state index in [9.17, 15) is 10.1 Å². The van der Waals surface area contributed by atoms with Crippen LogP contribution in [0.3, 0.4) is 0 Å². The van der Waals surface area contributed by atoms with Crippen LogP contribution >= 0.6 is 0 Å². The van der Waals surface area contributed by atoms with E-state index in [2.05, 4.69) is 16.5 Å². The van der Waals surface area contributed by atoms with Crippen molar-refractivity contribution in [3.63, 3.8) is 0 Å². The number of nitriles is 1. The molecule has 0 bridgehead atoms. The predicted molar refractivity (Wildman–Crippen MR) is 135 cm³/mol. The molecule has 0 fully saturated rings. The molecule has 5 rings (SSSR count). The van der Waals surface area contributed by atoms with Gasteiger partial charge in [-0.25, -0.2) is 4.68 Å². The van der Waals surface area contributed by atoms with E-state index >= 15 is 0 Å². The highest BCUT2D eigenvalue weighted by molar-refractivity contribution is 5.91. The first-order valence-electron chi connectivity index (χ1n) is 11.4. The highest BCUT2D eigenvalue weighted by atomic mass is 16.5. The number of nitrogens with two attached hydrogens (primary N) is 1. The summed E-state index contributed by atoms with van der Waals surface area (Å²) in [6.07, 6.45) is 0. The van der Waals surface area contributed by atoms with E-state index < -0.39 is 5.92 Å². The van der Waals surface area contributed by atoms with Gasteiger partial charge in [-0.15, -0.1) is 0 Å². The molecule has 4 aromatic rings. The number of nitrogens with zero attached hydrogens (tertiary/aromatic N) is 3. The maximum atomic E-state index is 12.2. The number of anilines is 1. The van der Waals surface area contributed by atoms with Gasteiger partial charge in [0.05, 0.1) is 22.9 Å². The molecule has 0 saturated carbocycles. The second-order valence-corrected chi connectivity index (χ2v) is 8.25. The second-order valence-electron chi connectivity index (χ2n) is 8.25. The summed E-state index contributed by atoms with van der Waals surface area (Å²) in [6, 6.07) is 28.2. The Balaban J connectivity index is 1.40. The van der Waals surface area contributed by atoms with Gasteiger partial charge in [-0.05, 0) is 48.9 Å². The number of benzene rings is 3. The molecule has 1 aromatic heterocycles. The fraction of sp³-hybridized carbons (Fsp3) is 0.107. The van der Waals surface area contributed by atoms with Gasteiger partial charge in [0.1, 0.15) is 17.4 Å². The molecule has 0 radical (unpaired) electrons. The summed E-state index contributed by atoms with van der Waals surface area (Å²) >= 11 is 0. The molecule has 8 heteroatoms. The summed E-state index contributed by atoms with van der Waals surface area (Å²) in [4.78, 5) is 12.2. The number of hydrogen-bond acceptors (Lipinski definition) is 6. The number of nitrogens with one attached hydrogen (secondary N) is 1. The van der Waals surface area contributed by atoms with Crippen molar-refractivity contribution in [2.24, 2.45) is 5.73 Å². The van der Waals surface area contributed by atoms with Crippen molar-refractivity contribution in [3.05, 3.63) is 113 Å². The lowest BCUT2D eigenvalue weighted by molar-refractivity contribution is -0.118. The first-order chi connectivity index (χ1) is 17.5. The van der Waals surface area contributed by atoms with Gasteiger partial charge in [0.2, 0.25) is 11.8 Å². The number of allylic oxidation sites excluding steroid dienone is 1. The van der Waals surface area contributed by atoms with Gasteiger partial charge < -0.3 is 20.5 Å². The van der Waals surface area contributed by atoms with Crippen LogP contribution in [0.5, 0.6) is 11.6 Å². The smallest absolute Gasteiger partial charge is 0.262 e. The van der Waals surface area contributed by atoms with Gasteiger partial charge >= 0.3 is 0 Å². The molecule has 36 heavy (non-hydrogen) atoms. The summed E-state index contributed by atoms with van der Waals surface area (Å²) in [7, 11) is 0. The van der Waals surface area contributed by atoms with Crippen LogP contribution < -0.4 is 20.5 Å². The number of para-hydroxylation sites is 2. The van der Waals surface area contributed by atoms with Crippen molar-refractivity contribution >= 4 is 11.6 Å². The zero-order valence-electron chi connectivity index (χ0n) is 19.5. The summed E-state index contributed by atoms with van der Waals surface area (Å²) in [5, 5.41) is 17.3. The molecule has 1 aliphatic rings. The lowest BCUT2D eigenvalue weighted by Gasteiger charge is -2.25. The predicted octanol–water partition coefficient (Wildman–Crippen LogP) is 4.42. The second kappa shape index (κ2) is 9.68. The van der Waals surface area contributed by atoms with Crippen LogP contribution in [0.25, 0.3) is 5.69 Å². The Kier molecular flexibility index (Phi) is 6.12. The lowest BCUT2D eigenvalue weighted by Crippen LogP contribution is -2.22. The van der Waals surface area contributed by atoms with Crippen molar-refractivity contribution in [2.75, 3.05) is 11.9 Å². The molecule has 3 aromatic carbocycles. The first kappa shape index (κ1) is 22.7. The van der Waals surface area contributed by atoms with Crippen LogP contribution in [0.1, 0.15) is 22.7 Å². The zero-order chi connectivity index (χ0) is 25.1. The van der Waals surface area contributed by atoms with E-state index in [0.29, 0.717) is 22.9 Å². The number of amides is 1. The van der Waals surface area contributed by atoms with Crippen molar-refractivity contribution < 1.29 is 14.3 Å². The maximum Gasteiger partial charge on any atom is 0.262 e. The third-order valence-corrected chi connectivity index (χ3v) is 5.87. The quantitative estimate of drug-likeness (QED) is 0.425. The molecular formula is C28H23N5O3. The van der Waals surface area contributed by atoms with Gasteiger partial charge in [0.15, 0.2) is 6.61 Å². The van der Waals surface area contributed by atoms with Crippen LogP contribution in [0.4, 0.5) is 5.69 Å². The first-order valence-corrected chi connectivity index (χ1v) is 11.4. The van der Waals surface area contributed by atoms with Gasteiger partial charge in [-0.3, -0.25) is 4.79 Å². The lowest BCUT2D eigenvalue weighted by atomic mass is 9.84. The van der Waals surface area contributed by atoms with E-state index in [4.69, 9.17) is 15.2 Å². The van der Waals surface area contributed by atoms with Gasteiger partial charge in [0, 0.05) is 5.69 Å².